The highest BCUT2D eigenvalue weighted by molar-refractivity contribution is 5.89. The zero-order valence-corrected chi connectivity index (χ0v) is 16.6. The monoisotopic (exact) mass is 386 g/mol. The van der Waals surface area contributed by atoms with Crippen molar-refractivity contribution in [2.45, 2.75) is 58.1 Å². The first-order valence-corrected chi connectivity index (χ1v) is 9.37. The molecule has 1 heterocycles. The standard InChI is InChI=1S/C20H26N4O4/c1-12-9-14(16-11-18(21)23(22-16)20(2,3)4)10-17(12)28-19(25)13-5-7-15(8-6-13)24(26)27/h5-8,11-12,14,17H,9-10,21H2,1-4H3. The van der Waals surface area contributed by atoms with Gasteiger partial charge in [0, 0.05) is 24.1 Å². The summed E-state index contributed by atoms with van der Waals surface area (Å²) in [6.07, 6.45) is 1.31. The van der Waals surface area contributed by atoms with Gasteiger partial charge in [0.25, 0.3) is 5.69 Å². The highest BCUT2D eigenvalue weighted by Crippen LogP contribution is 2.40. The fourth-order valence-corrected chi connectivity index (χ4v) is 3.69. The summed E-state index contributed by atoms with van der Waals surface area (Å²) >= 11 is 0. The van der Waals surface area contributed by atoms with Crippen LogP contribution in [0.2, 0.25) is 0 Å². The molecular formula is C20H26N4O4. The molecule has 0 aliphatic heterocycles. The van der Waals surface area contributed by atoms with Crippen LogP contribution in [-0.2, 0) is 10.3 Å². The summed E-state index contributed by atoms with van der Waals surface area (Å²) < 4.78 is 7.51. The number of hydrogen-bond donors (Lipinski definition) is 1. The van der Waals surface area contributed by atoms with Crippen molar-refractivity contribution in [3.63, 3.8) is 0 Å². The number of hydrogen-bond acceptors (Lipinski definition) is 6. The van der Waals surface area contributed by atoms with Crippen molar-refractivity contribution in [1.82, 2.24) is 9.78 Å². The van der Waals surface area contributed by atoms with Gasteiger partial charge in [0.15, 0.2) is 0 Å². The molecule has 150 valence electrons. The van der Waals surface area contributed by atoms with Crippen LogP contribution in [0.15, 0.2) is 30.3 Å². The highest BCUT2D eigenvalue weighted by Gasteiger charge is 2.37. The molecule has 2 N–H and O–H groups in total. The molecule has 8 nitrogen and oxygen atoms in total. The molecule has 0 amide bonds. The first-order valence-electron chi connectivity index (χ1n) is 9.37. The van der Waals surface area contributed by atoms with Crippen molar-refractivity contribution in [2.75, 3.05) is 5.73 Å². The number of anilines is 1. The van der Waals surface area contributed by atoms with E-state index in [0.29, 0.717) is 17.8 Å². The molecule has 0 saturated heterocycles. The molecule has 1 aromatic heterocycles. The second kappa shape index (κ2) is 7.26. The number of ether oxygens (including phenoxy) is 1. The van der Waals surface area contributed by atoms with Gasteiger partial charge in [0.05, 0.1) is 21.7 Å². The lowest BCUT2D eigenvalue weighted by Gasteiger charge is -2.20. The van der Waals surface area contributed by atoms with Gasteiger partial charge in [-0.15, -0.1) is 0 Å². The number of nitrogen functional groups attached to an aromatic ring is 1. The maximum atomic E-state index is 12.4. The van der Waals surface area contributed by atoms with Crippen LogP contribution in [0.3, 0.4) is 0 Å². The summed E-state index contributed by atoms with van der Waals surface area (Å²) in [4.78, 5) is 22.7. The molecule has 1 aliphatic rings. The molecule has 2 aromatic rings. The molecule has 1 aliphatic carbocycles. The zero-order chi connectivity index (χ0) is 20.6. The Morgan fingerprint density at radius 3 is 2.46 bits per heavy atom. The summed E-state index contributed by atoms with van der Waals surface area (Å²) in [6.45, 7) is 8.20. The normalized spacial score (nSPS) is 22.2. The Balaban J connectivity index is 1.68. The lowest BCUT2D eigenvalue weighted by Crippen LogP contribution is -2.25. The van der Waals surface area contributed by atoms with Gasteiger partial charge in [-0.05, 0) is 51.7 Å². The van der Waals surface area contributed by atoms with Crippen LogP contribution in [0.1, 0.15) is 62.5 Å². The fourth-order valence-electron chi connectivity index (χ4n) is 3.69. The van der Waals surface area contributed by atoms with Gasteiger partial charge < -0.3 is 10.5 Å². The second-order valence-electron chi connectivity index (χ2n) is 8.47. The van der Waals surface area contributed by atoms with Crippen molar-refractivity contribution >= 4 is 17.5 Å². The molecular weight excluding hydrogens is 360 g/mol. The Labute approximate surface area is 163 Å². The second-order valence-corrected chi connectivity index (χ2v) is 8.47. The molecule has 1 saturated carbocycles. The van der Waals surface area contributed by atoms with Crippen molar-refractivity contribution in [2.24, 2.45) is 5.92 Å². The summed E-state index contributed by atoms with van der Waals surface area (Å²) in [7, 11) is 0. The van der Waals surface area contributed by atoms with Crippen molar-refractivity contribution in [1.29, 1.82) is 0 Å². The molecule has 1 fully saturated rings. The van der Waals surface area contributed by atoms with E-state index in [1.165, 1.54) is 24.3 Å². The summed E-state index contributed by atoms with van der Waals surface area (Å²) in [5.41, 5.74) is 7.10. The summed E-state index contributed by atoms with van der Waals surface area (Å²) in [5.74, 6) is 0.525. The van der Waals surface area contributed by atoms with Crippen molar-refractivity contribution < 1.29 is 14.5 Å². The minimum atomic E-state index is -0.499. The largest absolute Gasteiger partial charge is 0.458 e. The van der Waals surface area contributed by atoms with Crippen LogP contribution in [0, 0.1) is 16.0 Å². The first-order chi connectivity index (χ1) is 13.1. The van der Waals surface area contributed by atoms with Crippen LogP contribution < -0.4 is 5.73 Å². The molecule has 0 bridgehead atoms. The number of carbonyl (C=O) groups excluding carboxylic acids is 1. The van der Waals surface area contributed by atoms with E-state index >= 15 is 0 Å². The molecule has 3 atom stereocenters. The van der Waals surface area contributed by atoms with Gasteiger partial charge >= 0.3 is 5.97 Å². The van der Waals surface area contributed by atoms with E-state index in [9.17, 15) is 14.9 Å². The third-order valence-electron chi connectivity index (χ3n) is 5.19. The average Bonchev–Trinajstić information content (AvgIpc) is 3.18. The number of nitrogens with two attached hydrogens (primary N) is 1. The molecule has 0 radical (unpaired) electrons. The molecule has 3 unspecified atom stereocenters. The van der Waals surface area contributed by atoms with Crippen LogP contribution in [0.25, 0.3) is 0 Å². The van der Waals surface area contributed by atoms with Gasteiger partial charge in [0.1, 0.15) is 11.9 Å². The third-order valence-corrected chi connectivity index (χ3v) is 5.19. The number of nitro groups is 1. The van der Waals surface area contributed by atoms with Gasteiger partial charge in [-0.3, -0.25) is 10.1 Å². The lowest BCUT2D eigenvalue weighted by atomic mass is 10.0. The lowest BCUT2D eigenvalue weighted by molar-refractivity contribution is -0.384. The van der Waals surface area contributed by atoms with E-state index in [1.54, 1.807) is 0 Å². The number of esters is 1. The predicted octanol–water partition coefficient (Wildman–Crippen LogP) is 3.87. The Bertz CT molecular complexity index is 883. The molecule has 28 heavy (non-hydrogen) atoms. The van der Waals surface area contributed by atoms with E-state index in [4.69, 9.17) is 10.5 Å². The Morgan fingerprint density at radius 2 is 1.93 bits per heavy atom. The number of nitro benzene ring substituents is 1. The number of rotatable bonds is 4. The van der Waals surface area contributed by atoms with Gasteiger partial charge in [0.2, 0.25) is 0 Å². The SMILES string of the molecule is CC1CC(c2cc(N)n(C(C)(C)C)n2)CC1OC(=O)c1ccc([N+](=O)[O-])cc1. The minimum Gasteiger partial charge on any atom is -0.458 e. The van der Waals surface area contributed by atoms with Crippen LogP contribution in [-0.4, -0.2) is 26.8 Å². The number of benzene rings is 1. The number of aromatic nitrogens is 2. The smallest absolute Gasteiger partial charge is 0.338 e. The van der Waals surface area contributed by atoms with Crippen LogP contribution in [0.5, 0.6) is 0 Å². The molecule has 3 rings (SSSR count). The number of nitrogens with zero attached hydrogens (tertiary/aromatic N) is 3. The highest BCUT2D eigenvalue weighted by atomic mass is 16.6. The first kappa shape index (κ1) is 19.9. The topological polar surface area (TPSA) is 113 Å². The summed E-state index contributed by atoms with van der Waals surface area (Å²) in [5, 5.41) is 15.4. The van der Waals surface area contributed by atoms with Gasteiger partial charge in [-0.25, -0.2) is 9.48 Å². The molecule has 0 spiro atoms. The molecule has 1 aromatic carbocycles. The van der Waals surface area contributed by atoms with Crippen molar-refractivity contribution in [3.8, 4) is 0 Å². The Morgan fingerprint density at radius 1 is 1.29 bits per heavy atom. The van der Waals surface area contributed by atoms with Crippen LogP contribution in [0.4, 0.5) is 11.5 Å². The number of carbonyl (C=O) groups is 1. The van der Waals surface area contributed by atoms with Crippen molar-refractivity contribution in [3.05, 3.63) is 51.7 Å². The molecule has 8 heteroatoms. The third kappa shape index (κ3) is 4.00. The van der Waals surface area contributed by atoms with E-state index in [1.807, 2.05) is 31.5 Å². The van der Waals surface area contributed by atoms with E-state index in [2.05, 4.69) is 12.0 Å². The minimum absolute atomic E-state index is 0.0575. The maximum Gasteiger partial charge on any atom is 0.338 e. The Kier molecular flexibility index (Phi) is 5.14. The fraction of sp³-hybridized carbons (Fsp3) is 0.500. The Hall–Kier alpha value is -2.90. The quantitative estimate of drug-likeness (QED) is 0.485. The summed E-state index contributed by atoms with van der Waals surface area (Å²) in [6, 6.07) is 7.36. The zero-order valence-electron chi connectivity index (χ0n) is 16.6. The van der Waals surface area contributed by atoms with E-state index < -0.39 is 10.9 Å². The van der Waals surface area contributed by atoms with Gasteiger partial charge in [-0.2, -0.15) is 5.10 Å². The predicted molar refractivity (Wildman–Crippen MR) is 105 cm³/mol. The van der Waals surface area contributed by atoms with Gasteiger partial charge in [-0.1, -0.05) is 6.92 Å². The average molecular weight is 386 g/mol. The number of non-ortho nitro benzene ring substituents is 1. The van der Waals surface area contributed by atoms with Crippen LogP contribution >= 0.6 is 0 Å². The van der Waals surface area contributed by atoms with E-state index in [0.717, 1.165) is 12.1 Å². The maximum absolute atomic E-state index is 12.4. The van der Waals surface area contributed by atoms with E-state index in [-0.39, 0.29) is 29.2 Å².